The first-order valence-corrected chi connectivity index (χ1v) is 41.3. The number of methoxy groups -OCH3 is 1. The number of imidazole rings is 2. The van der Waals surface area contributed by atoms with Crippen molar-refractivity contribution in [3.05, 3.63) is 216 Å². The molecule has 33 nitrogen and oxygen atoms in total. The second kappa shape index (κ2) is 66.8. The van der Waals surface area contributed by atoms with E-state index in [1.165, 1.54) is 24.7 Å². The van der Waals surface area contributed by atoms with Crippen molar-refractivity contribution in [3.8, 4) is 63.0 Å². The third-order valence-electron chi connectivity index (χ3n) is 17.6. The van der Waals surface area contributed by atoms with Gasteiger partial charge in [0.1, 0.15) is 58.2 Å². The van der Waals surface area contributed by atoms with Crippen molar-refractivity contribution in [2.75, 3.05) is 183 Å². The Kier molecular flexibility index (Phi) is 62.3. The van der Waals surface area contributed by atoms with Crippen LogP contribution in [-0.4, -0.2) is 270 Å². The smallest absolute Gasteiger partial charge is 1.00 e. The van der Waals surface area contributed by atoms with E-state index in [9.17, 15) is 43.9 Å². The molecule has 8 aromatic carbocycles. The fourth-order valence-electron chi connectivity index (χ4n) is 11.2. The molecule has 0 spiro atoms. The van der Waals surface area contributed by atoms with Crippen LogP contribution in [0.3, 0.4) is 0 Å². The van der Waals surface area contributed by atoms with E-state index < -0.39 is 43.5 Å². The molecule has 0 atom stereocenters. The zero-order chi connectivity index (χ0) is 93.7. The predicted molar refractivity (Wildman–Crippen MR) is 503 cm³/mol. The molecule has 10 aromatic rings. The number of fused-ring (bicyclic) bond motifs is 2. The zero-order valence-corrected chi connectivity index (χ0v) is 80.3. The summed E-state index contributed by atoms with van der Waals surface area (Å²) in [6.07, 6.45) is 8.01. The summed E-state index contributed by atoms with van der Waals surface area (Å²) in [5, 5.41) is 48.4. The number of anilines is 1. The van der Waals surface area contributed by atoms with Gasteiger partial charge in [0, 0.05) is 99.6 Å². The second-order valence-electron chi connectivity index (χ2n) is 29.2. The number of rotatable bonds is 37. The first kappa shape index (κ1) is 119. The summed E-state index contributed by atoms with van der Waals surface area (Å²) < 4.78 is 88.4. The number of carbonyl (C=O) groups excluding carboxylic acids is 1. The van der Waals surface area contributed by atoms with Gasteiger partial charge in [0.15, 0.2) is 0 Å². The second-order valence-corrected chi connectivity index (χ2v) is 29.7. The Morgan fingerprint density at radius 2 is 0.758 bits per heavy atom. The van der Waals surface area contributed by atoms with E-state index in [2.05, 4.69) is 139 Å². The molecule has 38 heteroatoms. The monoisotopic (exact) mass is 1840 g/mol. The molecule has 0 fully saturated rings. The fourth-order valence-corrected chi connectivity index (χ4v) is 11.2. The molecular weight excluding hydrogens is 1710 g/mol. The first-order chi connectivity index (χ1) is 59.4. The molecule has 2 heterocycles. The van der Waals surface area contributed by atoms with Gasteiger partial charge < -0.3 is 90.1 Å². The van der Waals surface area contributed by atoms with Crippen molar-refractivity contribution < 1.29 is 111 Å². The molecule has 10 rings (SSSR count). The summed E-state index contributed by atoms with van der Waals surface area (Å²) in [4.78, 5) is 62.1. The quantitative estimate of drug-likeness (QED) is 0.00701. The van der Waals surface area contributed by atoms with Crippen molar-refractivity contribution in [2.24, 2.45) is 19.8 Å². The van der Waals surface area contributed by atoms with Gasteiger partial charge in [-0.3, -0.25) is 35.1 Å². The minimum Gasteiger partial charge on any atom is -1.00 e. The minimum atomic E-state index is -3.11. The van der Waals surface area contributed by atoms with E-state index in [4.69, 9.17) is 67.0 Å². The van der Waals surface area contributed by atoms with Gasteiger partial charge in [0.2, 0.25) is 11.6 Å². The number of ether oxygens (including phenoxy) is 6. The fraction of sp³-hybridized carbons (Fsp3) is 0.433. The molecule has 0 amide bonds. The molecule has 0 saturated heterocycles. The van der Waals surface area contributed by atoms with E-state index in [0.29, 0.717) is 56.5 Å². The van der Waals surface area contributed by atoms with Gasteiger partial charge in [0.25, 0.3) is 5.69 Å². The zero-order valence-electron chi connectivity index (χ0n) is 77.7. The van der Waals surface area contributed by atoms with Gasteiger partial charge in [-0.1, -0.05) is 51.6 Å². The topological polar surface area (TPSA) is 401 Å². The van der Waals surface area contributed by atoms with Gasteiger partial charge >= 0.3 is 51.5 Å². The number of nitro groups is 3. The van der Waals surface area contributed by atoms with E-state index in [1.807, 2.05) is 96.6 Å². The predicted octanol–water partition coefficient (Wildman–Crippen LogP) is 11.8. The first-order valence-electron chi connectivity index (χ1n) is 40.3. The van der Waals surface area contributed by atoms with Crippen molar-refractivity contribution in [1.82, 2.24) is 48.5 Å². The van der Waals surface area contributed by atoms with Crippen LogP contribution in [0.25, 0.3) is 44.8 Å². The molecule has 0 aliphatic rings. The Hall–Kier alpha value is -10.6. The van der Waals surface area contributed by atoms with Crippen LogP contribution >= 0.6 is 12.4 Å². The summed E-state index contributed by atoms with van der Waals surface area (Å²) in [5.41, 5.74) is 18.8. The third-order valence-corrected chi connectivity index (χ3v) is 17.6. The number of aryl methyl sites for hydroxylation is 4. The number of nitrogens with zero attached hydrogens (tertiary/aromatic N) is 13. The summed E-state index contributed by atoms with van der Waals surface area (Å²) in [7, 11) is 28.4. The molecule has 2 aromatic heterocycles. The van der Waals surface area contributed by atoms with Crippen molar-refractivity contribution >= 4 is 74.1 Å². The number of aromatic hydroxyl groups is 1. The molecule has 0 saturated carbocycles. The number of aldehydes is 1. The number of phenolic OH excluding ortho intramolecular Hbond substituents is 1. The number of phenols is 1. The molecule has 0 unspecified atom stereocenters. The molecule has 0 aliphatic carbocycles. The van der Waals surface area contributed by atoms with Crippen LogP contribution in [0.1, 0.15) is 82.7 Å². The van der Waals surface area contributed by atoms with Crippen LogP contribution in [0.4, 0.5) is 31.5 Å². The van der Waals surface area contributed by atoms with Gasteiger partial charge in [-0.25, -0.2) is 9.97 Å². The number of aromatic nitrogens is 4. The number of carbonyl (C=O) groups is 1. The summed E-state index contributed by atoms with van der Waals surface area (Å²) in [6.45, 7) is 13.3. The van der Waals surface area contributed by atoms with Gasteiger partial charge in [-0.05, 0) is 246 Å². The Labute approximate surface area is 783 Å². The summed E-state index contributed by atoms with van der Waals surface area (Å²) >= 11 is 0. The maximum atomic E-state index is 13.0. The number of hydrogen-bond acceptors (Lipinski definition) is 28. The van der Waals surface area contributed by atoms with Gasteiger partial charge in [-0.15, -0.1) is 25.0 Å². The molecule has 0 bridgehead atoms. The number of nitro benzene ring substituents is 3. The molecule has 0 aliphatic heterocycles. The van der Waals surface area contributed by atoms with E-state index in [1.54, 1.807) is 43.5 Å². The Morgan fingerprint density at radius 3 is 1.06 bits per heavy atom. The average molecular weight is 1840 g/mol. The maximum Gasteiger partial charge on any atom is 1.00 e. The number of aliphatic hydroxyl groups excluding tert-OH is 1. The van der Waals surface area contributed by atoms with Crippen LogP contribution in [0, 0.1) is 42.0 Å². The molecular formula is C90H133ClF2N15NaO18S. The van der Waals surface area contributed by atoms with Crippen molar-refractivity contribution in [1.29, 1.82) is 0 Å². The Morgan fingerprint density at radius 1 is 0.461 bits per heavy atom. The van der Waals surface area contributed by atoms with Crippen LogP contribution in [0.15, 0.2) is 158 Å². The maximum absolute atomic E-state index is 13.0. The molecule has 6 N–H and O–H groups in total. The van der Waals surface area contributed by atoms with Crippen LogP contribution in [0.5, 0.6) is 40.2 Å². The number of nitrogen functional groups attached to an aromatic ring is 1. The number of hydrogen-bond donors (Lipinski definition) is 4. The van der Waals surface area contributed by atoms with Crippen molar-refractivity contribution in [2.45, 2.75) is 72.6 Å². The number of halogens is 3. The van der Waals surface area contributed by atoms with Crippen LogP contribution in [-0.2, 0) is 37.5 Å². The minimum absolute atomic E-state index is 0. The third kappa shape index (κ3) is 47.5. The standard InChI is InChI=1S/C32H40N6O2.C13H20N2O3.C13H22N2O.C11H15FN2O3.C8H8O2.C6H4FNO3.C5H13NO.CH5N.CH4.ClH.Na.O3S.H/c1-35(2)17-7-19-39-25-13-15-29-27(21-25)33-31(37(29)5)23-9-11-24(12-10-23)32-34-28-22-26(14-16-30(28)38(32)6)40-20-8-18-36(3)4;1-4-11-6-7-12(10-13(11)15(16)17)18-9-5-8-14(2)3;1-4-11-6-7-12(10-13(11)14)16-9-5-8-15(2)3;1-13(2)6-3-7-17-9-4-5-10(12)11(8-9)14(15)16;1-10-8-4-2-7(6-9)3-5-8;7-5-2-1-4(9)3-6(5)8(10)11;1-6(2)4-3-5-7;1-2;;;;1-4(2)3;/h9-16,21-22H,7-8,17-20H2,1-6H3;6-7,10H,4-5,8-9H2,1-3H3;6-7,10H,4-5,8-9,14H2,1-3H3;4-5,8H,3,6-7H2,1-2H3;2-6H,1H3;1-3,9H;7H,3-5H2,1-2H3;2H2,1H3;1H4;1H;;;/q;;;;;;;;;;+1;;-1. The molecule has 704 valence electrons. The van der Waals surface area contributed by atoms with E-state index in [0.717, 1.165) is 207 Å². The normalized spacial score (nSPS) is 10.2. The van der Waals surface area contributed by atoms with E-state index >= 15 is 0 Å². The number of benzene rings is 8. The largest absolute Gasteiger partial charge is 1.00 e. The van der Waals surface area contributed by atoms with E-state index in [-0.39, 0.29) is 67.2 Å². The number of nitrogens with two attached hydrogens (primary N) is 2. The van der Waals surface area contributed by atoms with Gasteiger partial charge in [-0.2, -0.15) is 8.78 Å². The van der Waals surface area contributed by atoms with Crippen LogP contribution < -0.4 is 69.4 Å². The Balaban J connectivity index is -0.00000152. The molecule has 128 heavy (non-hydrogen) atoms. The molecule has 0 radical (unpaired) electrons. The summed E-state index contributed by atoms with van der Waals surface area (Å²) in [6, 6.07) is 44.9. The van der Waals surface area contributed by atoms with Crippen LogP contribution in [0.2, 0.25) is 0 Å². The SMILES string of the molecule is C.CCc1ccc(OCCCN(C)C)cc1N.CCc1ccc(OCCCN(C)C)cc1[N+](=O)[O-].CN.CN(C)CCCO.CN(C)CCCOc1ccc(F)c([N+](=O)[O-])c1.CN(C)CCCOc1ccc2c(c1)nc(-c1ccc(-c3nc4cc(OCCCN(C)C)ccc4n3C)cc1)n2C.COc1ccc(C=O)cc1.Cl.O=S(=O)=O.O=[N+]([O-])c1cc(O)ccc1F.[H-].[Na+]. The van der Waals surface area contributed by atoms with Crippen molar-refractivity contribution in [3.63, 3.8) is 0 Å². The summed E-state index contributed by atoms with van der Waals surface area (Å²) in [5.74, 6) is 3.96. The van der Waals surface area contributed by atoms with Gasteiger partial charge in [0.05, 0.1) is 95.2 Å². The average Bonchev–Trinajstić information content (AvgIpc) is 1.63. The Bertz CT molecular complexity index is 4850. The number of aliphatic hydroxyl groups is 1.